The predicted molar refractivity (Wildman–Crippen MR) is 106 cm³/mol. The van der Waals surface area contributed by atoms with Gasteiger partial charge in [-0.2, -0.15) is 0 Å². The minimum absolute atomic E-state index is 0. The number of halogens is 2. The van der Waals surface area contributed by atoms with Gasteiger partial charge in [0.2, 0.25) is 11.8 Å². The van der Waals surface area contributed by atoms with E-state index in [0.29, 0.717) is 12.6 Å². The Balaban J connectivity index is 0.00000312. The largest absolute Gasteiger partial charge is 0.335 e. The molecule has 6 nitrogen and oxygen atoms in total. The number of carbonyl (C=O) groups is 2. The van der Waals surface area contributed by atoms with Gasteiger partial charge in [-0.25, -0.2) is 0 Å². The molecule has 0 aliphatic carbocycles. The van der Waals surface area contributed by atoms with Gasteiger partial charge >= 0.3 is 0 Å². The molecule has 1 aliphatic rings. The maximum atomic E-state index is 12.3. The zero-order valence-corrected chi connectivity index (χ0v) is 17.2. The number of hydrogen-bond acceptors (Lipinski definition) is 4. The molecule has 0 radical (unpaired) electrons. The van der Waals surface area contributed by atoms with E-state index in [1.165, 1.54) is 4.90 Å². The third-order valence-corrected chi connectivity index (χ3v) is 4.74. The van der Waals surface area contributed by atoms with Crippen LogP contribution in [-0.4, -0.2) is 67.4 Å². The predicted octanol–water partition coefficient (Wildman–Crippen LogP) is 1.87. The topological polar surface area (TPSA) is 64.7 Å². The quantitative estimate of drug-likeness (QED) is 0.744. The molecule has 1 heterocycles. The van der Waals surface area contributed by atoms with Crippen LogP contribution in [0.3, 0.4) is 0 Å². The zero-order chi connectivity index (χ0) is 17.7. The summed E-state index contributed by atoms with van der Waals surface area (Å²) in [5.74, 6) is -0.226. The lowest BCUT2D eigenvalue weighted by molar-refractivity contribution is -0.134. The van der Waals surface area contributed by atoms with E-state index >= 15 is 0 Å². The first-order valence-electron chi connectivity index (χ1n) is 8.11. The fraction of sp³-hybridized carbons (Fsp3) is 0.529. The van der Waals surface area contributed by atoms with Gasteiger partial charge in [0.05, 0.1) is 13.1 Å². The molecule has 1 fully saturated rings. The van der Waals surface area contributed by atoms with E-state index < -0.39 is 0 Å². The molecule has 0 bridgehead atoms. The third kappa shape index (κ3) is 6.58. The summed E-state index contributed by atoms with van der Waals surface area (Å²) in [5, 5.41) is 6.16. The van der Waals surface area contributed by atoms with Crippen molar-refractivity contribution in [3.8, 4) is 0 Å². The molecule has 0 aromatic heterocycles. The number of aryl methyl sites for hydroxylation is 1. The normalized spacial score (nSPS) is 17.5. The van der Waals surface area contributed by atoms with Crippen LogP contribution in [0.1, 0.15) is 12.5 Å². The third-order valence-electron chi connectivity index (χ3n) is 4.25. The summed E-state index contributed by atoms with van der Waals surface area (Å²) in [4.78, 5) is 28.1. The molecule has 25 heavy (non-hydrogen) atoms. The Kier molecular flexibility index (Phi) is 8.85. The molecule has 0 saturated carbocycles. The van der Waals surface area contributed by atoms with Crippen molar-refractivity contribution < 1.29 is 9.59 Å². The Labute approximate surface area is 163 Å². The lowest BCUT2D eigenvalue weighted by atomic mass is 10.2. The van der Waals surface area contributed by atoms with Gasteiger partial charge in [0.15, 0.2) is 0 Å². The van der Waals surface area contributed by atoms with Crippen LogP contribution in [0.5, 0.6) is 0 Å². The van der Waals surface area contributed by atoms with Gasteiger partial charge < -0.3 is 15.5 Å². The first-order valence-corrected chi connectivity index (χ1v) is 8.91. The molecular formula is C17H26BrClN4O2. The number of piperazine rings is 1. The molecule has 1 atom stereocenters. The Morgan fingerprint density at radius 1 is 1.44 bits per heavy atom. The second-order valence-electron chi connectivity index (χ2n) is 6.28. The highest BCUT2D eigenvalue weighted by atomic mass is 79.9. The summed E-state index contributed by atoms with van der Waals surface area (Å²) in [5.41, 5.74) is 1.74. The van der Waals surface area contributed by atoms with Crippen LogP contribution in [-0.2, 0) is 9.59 Å². The van der Waals surface area contributed by atoms with Crippen molar-refractivity contribution in [3.05, 3.63) is 28.2 Å². The zero-order valence-electron chi connectivity index (χ0n) is 14.8. The summed E-state index contributed by atoms with van der Waals surface area (Å²) in [6.07, 6.45) is 0. The van der Waals surface area contributed by atoms with Crippen LogP contribution >= 0.6 is 28.3 Å². The maximum absolute atomic E-state index is 12.3. The van der Waals surface area contributed by atoms with E-state index in [0.717, 1.165) is 35.4 Å². The lowest BCUT2D eigenvalue weighted by Crippen LogP contribution is -2.53. The van der Waals surface area contributed by atoms with Crippen molar-refractivity contribution in [1.82, 2.24) is 15.1 Å². The molecule has 1 aromatic carbocycles. The van der Waals surface area contributed by atoms with E-state index in [2.05, 4.69) is 38.4 Å². The van der Waals surface area contributed by atoms with Gasteiger partial charge in [0, 0.05) is 42.9 Å². The van der Waals surface area contributed by atoms with Crippen molar-refractivity contribution in [3.63, 3.8) is 0 Å². The van der Waals surface area contributed by atoms with E-state index in [1.807, 2.05) is 25.1 Å². The van der Waals surface area contributed by atoms with Gasteiger partial charge in [-0.05, 0) is 37.6 Å². The van der Waals surface area contributed by atoms with Crippen molar-refractivity contribution in [2.24, 2.45) is 0 Å². The number of likely N-dealkylation sites (N-methyl/N-ethyl adjacent to an activating group) is 1. The summed E-state index contributed by atoms with van der Waals surface area (Å²) in [7, 11) is 1.67. The van der Waals surface area contributed by atoms with Gasteiger partial charge in [0.25, 0.3) is 0 Å². The average Bonchev–Trinajstić information content (AvgIpc) is 2.52. The van der Waals surface area contributed by atoms with Crippen molar-refractivity contribution in [1.29, 1.82) is 0 Å². The Bertz CT molecular complexity index is 614. The maximum Gasteiger partial charge on any atom is 0.243 e. The summed E-state index contributed by atoms with van der Waals surface area (Å²) in [6, 6.07) is 6.00. The van der Waals surface area contributed by atoms with Crippen LogP contribution in [0, 0.1) is 6.92 Å². The second-order valence-corrected chi connectivity index (χ2v) is 7.20. The molecule has 2 amide bonds. The molecule has 1 aliphatic heterocycles. The highest BCUT2D eigenvalue weighted by Gasteiger charge is 2.22. The monoisotopic (exact) mass is 432 g/mol. The van der Waals surface area contributed by atoms with Crippen molar-refractivity contribution >= 4 is 45.8 Å². The van der Waals surface area contributed by atoms with Crippen LogP contribution in [0.2, 0.25) is 0 Å². The lowest BCUT2D eigenvalue weighted by Gasteiger charge is -2.34. The number of carbonyl (C=O) groups excluding carboxylic acids is 2. The van der Waals surface area contributed by atoms with E-state index in [4.69, 9.17) is 0 Å². The van der Waals surface area contributed by atoms with Gasteiger partial charge in [-0.3, -0.25) is 14.5 Å². The van der Waals surface area contributed by atoms with Crippen molar-refractivity contribution in [2.45, 2.75) is 19.9 Å². The van der Waals surface area contributed by atoms with Crippen LogP contribution < -0.4 is 10.6 Å². The van der Waals surface area contributed by atoms with Gasteiger partial charge in [0.1, 0.15) is 0 Å². The Hall–Kier alpha value is -1.15. The first kappa shape index (κ1) is 21.9. The molecule has 0 unspecified atom stereocenters. The minimum Gasteiger partial charge on any atom is -0.335 e. The average molecular weight is 434 g/mol. The van der Waals surface area contributed by atoms with E-state index in [1.54, 1.807) is 7.05 Å². The number of nitrogens with one attached hydrogen (secondary N) is 2. The molecule has 0 spiro atoms. The highest BCUT2D eigenvalue weighted by Crippen LogP contribution is 2.19. The number of rotatable bonds is 5. The fourth-order valence-corrected chi connectivity index (χ4v) is 3.15. The smallest absolute Gasteiger partial charge is 0.243 e. The van der Waals surface area contributed by atoms with Gasteiger partial charge in [-0.1, -0.05) is 15.9 Å². The number of nitrogens with zero attached hydrogens (tertiary/aromatic N) is 2. The molecule has 1 aromatic rings. The Morgan fingerprint density at radius 3 is 2.80 bits per heavy atom. The highest BCUT2D eigenvalue weighted by molar-refractivity contribution is 9.10. The van der Waals surface area contributed by atoms with E-state index in [9.17, 15) is 9.59 Å². The molecule has 8 heteroatoms. The van der Waals surface area contributed by atoms with E-state index in [-0.39, 0.29) is 30.8 Å². The van der Waals surface area contributed by atoms with Crippen LogP contribution in [0.15, 0.2) is 22.7 Å². The van der Waals surface area contributed by atoms with Crippen LogP contribution in [0.25, 0.3) is 0 Å². The van der Waals surface area contributed by atoms with Gasteiger partial charge in [-0.15, -0.1) is 12.4 Å². The molecule has 2 rings (SSSR count). The fourth-order valence-electron chi connectivity index (χ4n) is 2.67. The van der Waals surface area contributed by atoms with Crippen LogP contribution in [0.4, 0.5) is 5.69 Å². The minimum atomic E-state index is -0.190. The SMILES string of the molecule is Cc1cc(Br)ccc1NC(=O)CN(C)C(=O)CN1CCNC[C@H]1C.Cl. The number of amides is 2. The molecule has 140 valence electrons. The van der Waals surface area contributed by atoms with Crippen molar-refractivity contribution in [2.75, 3.05) is 45.1 Å². The summed E-state index contributed by atoms with van der Waals surface area (Å²) >= 11 is 3.40. The number of hydrogen-bond donors (Lipinski definition) is 2. The standard InChI is InChI=1S/C17H25BrN4O2.ClH/c1-12-8-14(18)4-5-15(12)20-16(23)10-21(3)17(24)11-22-7-6-19-9-13(22)2;/h4-5,8,13,19H,6-7,9-11H2,1-3H3,(H,20,23);1H/t13-;/m1./s1. The molecule has 2 N–H and O–H groups in total. The number of anilines is 1. The first-order chi connectivity index (χ1) is 11.4. The molecule has 1 saturated heterocycles. The summed E-state index contributed by atoms with van der Waals surface area (Å²) < 4.78 is 0.968. The molecular weight excluding hydrogens is 408 g/mol. The Morgan fingerprint density at radius 2 is 2.16 bits per heavy atom. The number of benzene rings is 1. The summed E-state index contributed by atoms with van der Waals surface area (Å²) in [6.45, 7) is 7.07. The second kappa shape index (κ2) is 10.1.